The number of nitrogens with two attached hydrogens (primary N) is 1. The first-order valence-electron chi connectivity index (χ1n) is 6.27. The topological polar surface area (TPSA) is 73.0 Å². The van der Waals surface area contributed by atoms with Crippen LogP contribution < -0.4 is 5.73 Å². The standard InChI is InChI=1S/C12H20N4O2S.HI/c1-9-6-16(3-4-18-9)12(13)14-5-10-8-19-11(15-10)7-17-2;/h8-9H,3-7H2,1-2H3,(H2,13,14);1H. The Hall–Kier alpha value is -0.450. The van der Waals surface area contributed by atoms with E-state index >= 15 is 0 Å². The van der Waals surface area contributed by atoms with E-state index in [2.05, 4.69) is 14.9 Å². The van der Waals surface area contributed by atoms with Crippen molar-refractivity contribution in [2.45, 2.75) is 26.2 Å². The highest BCUT2D eigenvalue weighted by Crippen LogP contribution is 2.12. The molecule has 0 aromatic carbocycles. The van der Waals surface area contributed by atoms with Gasteiger partial charge in [0.25, 0.3) is 0 Å². The van der Waals surface area contributed by atoms with Crippen LogP contribution in [0, 0.1) is 0 Å². The molecule has 0 aliphatic carbocycles. The summed E-state index contributed by atoms with van der Waals surface area (Å²) in [6.45, 7) is 5.39. The molecule has 1 aromatic rings. The van der Waals surface area contributed by atoms with Crippen LogP contribution in [0.1, 0.15) is 17.6 Å². The highest BCUT2D eigenvalue weighted by Gasteiger charge is 2.17. The molecule has 20 heavy (non-hydrogen) atoms. The van der Waals surface area contributed by atoms with Gasteiger partial charge < -0.3 is 20.1 Å². The van der Waals surface area contributed by atoms with Gasteiger partial charge in [-0.15, -0.1) is 35.3 Å². The fourth-order valence-corrected chi connectivity index (χ4v) is 2.65. The van der Waals surface area contributed by atoms with Crippen molar-refractivity contribution >= 4 is 41.3 Å². The van der Waals surface area contributed by atoms with E-state index < -0.39 is 0 Å². The number of thiazole rings is 1. The zero-order valence-corrected chi connectivity index (χ0v) is 14.9. The molecule has 2 N–H and O–H groups in total. The van der Waals surface area contributed by atoms with Crippen LogP contribution in [0.5, 0.6) is 0 Å². The highest BCUT2D eigenvalue weighted by atomic mass is 127. The number of aliphatic imine (C=N–C) groups is 1. The van der Waals surface area contributed by atoms with Crippen LogP contribution >= 0.6 is 35.3 Å². The van der Waals surface area contributed by atoms with Crippen molar-refractivity contribution in [2.24, 2.45) is 10.7 Å². The Labute approximate surface area is 140 Å². The monoisotopic (exact) mass is 412 g/mol. The third-order valence-electron chi connectivity index (χ3n) is 2.84. The number of halogens is 1. The molecule has 2 heterocycles. The molecule has 0 bridgehead atoms. The van der Waals surface area contributed by atoms with Crippen molar-refractivity contribution in [3.63, 3.8) is 0 Å². The minimum atomic E-state index is 0. The lowest BCUT2D eigenvalue weighted by Gasteiger charge is -2.31. The average molecular weight is 412 g/mol. The van der Waals surface area contributed by atoms with Crippen LogP contribution in [0.4, 0.5) is 0 Å². The molecule has 6 nitrogen and oxygen atoms in total. The van der Waals surface area contributed by atoms with E-state index in [1.54, 1.807) is 18.4 Å². The number of ether oxygens (including phenoxy) is 2. The second-order valence-corrected chi connectivity index (χ2v) is 5.41. The van der Waals surface area contributed by atoms with Gasteiger partial charge in [-0.3, -0.25) is 0 Å². The van der Waals surface area contributed by atoms with Gasteiger partial charge in [-0.25, -0.2) is 9.98 Å². The molecule has 0 saturated carbocycles. The van der Waals surface area contributed by atoms with E-state index in [0.29, 0.717) is 25.7 Å². The lowest BCUT2D eigenvalue weighted by Crippen LogP contribution is -2.47. The van der Waals surface area contributed by atoms with E-state index in [9.17, 15) is 0 Å². The first-order valence-corrected chi connectivity index (χ1v) is 7.15. The summed E-state index contributed by atoms with van der Waals surface area (Å²) in [5, 5.41) is 2.96. The zero-order chi connectivity index (χ0) is 13.7. The quantitative estimate of drug-likeness (QED) is 0.461. The summed E-state index contributed by atoms with van der Waals surface area (Å²) >= 11 is 1.58. The molecule has 1 fully saturated rings. The summed E-state index contributed by atoms with van der Waals surface area (Å²) in [7, 11) is 1.66. The first kappa shape index (κ1) is 17.6. The van der Waals surface area contributed by atoms with Crippen LogP contribution in [0.15, 0.2) is 10.4 Å². The largest absolute Gasteiger partial charge is 0.378 e. The van der Waals surface area contributed by atoms with Crippen molar-refractivity contribution in [1.29, 1.82) is 0 Å². The fourth-order valence-electron chi connectivity index (χ4n) is 1.90. The average Bonchev–Trinajstić information content (AvgIpc) is 2.84. The number of nitrogens with zero attached hydrogens (tertiary/aromatic N) is 3. The van der Waals surface area contributed by atoms with E-state index in [0.717, 1.165) is 23.8 Å². The Morgan fingerprint density at radius 1 is 1.70 bits per heavy atom. The Kier molecular flexibility index (Phi) is 7.70. The van der Waals surface area contributed by atoms with E-state index in [1.807, 2.05) is 12.3 Å². The third kappa shape index (κ3) is 5.15. The van der Waals surface area contributed by atoms with Crippen LogP contribution in [-0.2, 0) is 22.6 Å². The van der Waals surface area contributed by atoms with Crippen molar-refractivity contribution in [2.75, 3.05) is 26.8 Å². The number of hydrogen-bond acceptors (Lipinski definition) is 5. The molecule has 1 unspecified atom stereocenters. The SMILES string of the molecule is COCc1nc(CN=C(N)N2CCOC(C)C2)cs1.I. The van der Waals surface area contributed by atoms with E-state index in [1.165, 1.54) is 0 Å². The number of guanidine groups is 1. The van der Waals surface area contributed by atoms with Crippen molar-refractivity contribution in [1.82, 2.24) is 9.88 Å². The van der Waals surface area contributed by atoms with Gasteiger partial charge in [-0.2, -0.15) is 0 Å². The van der Waals surface area contributed by atoms with Crippen molar-refractivity contribution < 1.29 is 9.47 Å². The molecule has 8 heteroatoms. The Morgan fingerprint density at radius 3 is 3.20 bits per heavy atom. The molecule has 114 valence electrons. The van der Waals surface area contributed by atoms with E-state index in [-0.39, 0.29) is 30.1 Å². The molecular weight excluding hydrogens is 391 g/mol. The normalized spacial score (nSPS) is 19.8. The summed E-state index contributed by atoms with van der Waals surface area (Å²) in [6.07, 6.45) is 0.204. The molecule has 1 aliphatic rings. The van der Waals surface area contributed by atoms with Crippen LogP contribution in [0.3, 0.4) is 0 Å². The number of methoxy groups -OCH3 is 1. The van der Waals surface area contributed by atoms with Crippen molar-refractivity contribution in [3.05, 3.63) is 16.1 Å². The maximum absolute atomic E-state index is 6.00. The summed E-state index contributed by atoms with van der Waals surface area (Å²) in [5.74, 6) is 0.566. The molecule has 1 aromatic heterocycles. The van der Waals surface area contributed by atoms with Gasteiger partial charge in [-0.1, -0.05) is 0 Å². The minimum absolute atomic E-state index is 0. The molecule has 0 radical (unpaired) electrons. The zero-order valence-electron chi connectivity index (χ0n) is 11.7. The Bertz CT molecular complexity index is 441. The molecule has 1 saturated heterocycles. The number of aromatic nitrogens is 1. The lowest BCUT2D eigenvalue weighted by molar-refractivity contribution is 0.00528. The number of hydrogen-bond donors (Lipinski definition) is 1. The van der Waals surface area contributed by atoms with Gasteiger partial charge in [0.05, 0.1) is 31.6 Å². The smallest absolute Gasteiger partial charge is 0.191 e. The highest BCUT2D eigenvalue weighted by molar-refractivity contribution is 14.0. The second-order valence-electron chi connectivity index (χ2n) is 4.47. The first-order chi connectivity index (χ1) is 9.19. The van der Waals surface area contributed by atoms with Crippen molar-refractivity contribution in [3.8, 4) is 0 Å². The maximum Gasteiger partial charge on any atom is 0.191 e. The molecule has 1 aliphatic heterocycles. The molecule has 1 atom stereocenters. The maximum atomic E-state index is 6.00. The predicted octanol–water partition coefficient (Wildman–Crippen LogP) is 1.44. The molecule has 2 rings (SSSR count). The van der Waals surface area contributed by atoms with Crippen LogP contribution in [0.25, 0.3) is 0 Å². The van der Waals surface area contributed by atoms with Gasteiger partial charge in [0, 0.05) is 25.6 Å². The summed E-state index contributed by atoms with van der Waals surface area (Å²) in [6, 6.07) is 0. The van der Waals surface area contributed by atoms with Gasteiger partial charge in [0.2, 0.25) is 0 Å². The summed E-state index contributed by atoms with van der Waals surface area (Å²) < 4.78 is 10.5. The number of morpholine rings is 1. The molecular formula is C12H21IN4O2S. The Balaban J connectivity index is 0.00000200. The predicted molar refractivity (Wildman–Crippen MR) is 90.6 cm³/mol. The third-order valence-corrected chi connectivity index (χ3v) is 3.71. The summed E-state index contributed by atoms with van der Waals surface area (Å²) in [4.78, 5) is 10.9. The second kappa shape index (κ2) is 8.75. The minimum Gasteiger partial charge on any atom is -0.378 e. The molecule has 0 amide bonds. The van der Waals surface area contributed by atoms with Crippen LogP contribution in [-0.4, -0.2) is 48.8 Å². The fraction of sp³-hybridized carbons (Fsp3) is 0.667. The van der Waals surface area contributed by atoms with Gasteiger partial charge >= 0.3 is 0 Å². The van der Waals surface area contributed by atoms with Gasteiger partial charge in [-0.05, 0) is 6.92 Å². The van der Waals surface area contributed by atoms with Gasteiger partial charge in [0.1, 0.15) is 5.01 Å². The van der Waals surface area contributed by atoms with Crippen LogP contribution in [0.2, 0.25) is 0 Å². The van der Waals surface area contributed by atoms with E-state index in [4.69, 9.17) is 15.2 Å². The summed E-state index contributed by atoms with van der Waals surface area (Å²) in [5.41, 5.74) is 6.93. The Morgan fingerprint density at radius 2 is 2.50 bits per heavy atom. The van der Waals surface area contributed by atoms with Gasteiger partial charge in [0.15, 0.2) is 5.96 Å². The molecule has 0 spiro atoms. The lowest BCUT2D eigenvalue weighted by atomic mass is 10.3. The number of rotatable bonds is 4.